The fourth-order valence-electron chi connectivity index (χ4n) is 1.35. The van der Waals surface area contributed by atoms with Crippen LogP contribution in [0.15, 0.2) is 22.8 Å². The highest BCUT2D eigenvalue weighted by molar-refractivity contribution is 5.03. The molecule has 14 heavy (non-hydrogen) atoms. The van der Waals surface area contributed by atoms with Gasteiger partial charge in [-0.15, -0.1) is 0 Å². The molecule has 1 heterocycles. The van der Waals surface area contributed by atoms with Crippen molar-refractivity contribution >= 4 is 0 Å². The molecule has 3 nitrogen and oxygen atoms in total. The van der Waals surface area contributed by atoms with E-state index in [1.54, 1.807) is 13.4 Å². The summed E-state index contributed by atoms with van der Waals surface area (Å²) in [4.78, 5) is 0. The predicted molar refractivity (Wildman–Crippen MR) is 56.2 cm³/mol. The maximum atomic E-state index is 5.31. The number of nitrogens with one attached hydrogen (secondary N) is 1. The minimum atomic E-state index is 0.201. The summed E-state index contributed by atoms with van der Waals surface area (Å²) in [5.74, 6) is 0.958. The van der Waals surface area contributed by atoms with Crippen LogP contribution in [0, 0.1) is 0 Å². The minimum absolute atomic E-state index is 0.201. The van der Waals surface area contributed by atoms with Crippen LogP contribution < -0.4 is 5.32 Å². The molecule has 0 spiro atoms. The molecule has 0 bridgehead atoms. The molecule has 1 aromatic heterocycles. The molecule has 1 aromatic rings. The third-order valence-electron chi connectivity index (χ3n) is 2.56. The van der Waals surface area contributed by atoms with Crippen molar-refractivity contribution in [2.24, 2.45) is 0 Å². The third kappa shape index (κ3) is 2.86. The van der Waals surface area contributed by atoms with Gasteiger partial charge in [0.05, 0.1) is 18.4 Å². The topological polar surface area (TPSA) is 34.4 Å². The Morgan fingerprint density at radius 2 is 2.07 bits per heavy atom. The second-order valence-electron chi connectivity index (χ2n) is 3.63. The molecule has 80 valence electrons. The van der Waals surface area contributed by atoms with Crippen LogP contribution in [0.3, 0.4) is 0 Å². The van der Waals surface area contributed by atoms with E-state index in [4.69, 9.17) is 9.15 Å². The first-order valence-corrected chi connectivity index (χ1v) is 4.97. The number of furan rings is 1. The van der Waals surface area contributed by atoms with Gasteiger partial charge in [0.1, 0.15) is 5.76 Å². The molecule has 0 aliphatic rings. The second-order valence-corrected chi connectivity index (χ2v) is 3.63. The number of rotatable bonds is 5. The van der Waals surface area contributed by atoms with Crippen LogP contribution in [0.1, 0.15) is 32.6 Å². The molecule has 3 atom stereocenters. The van der Waals surface area contributed by atoms with Crippen molar-refractivity contribution < 1.29 is 9.15 Å². The average molecular weight is 197 g/mol. The summed E-state index contributed by atoms with van der Waals surface area (Å²) in [7, 11) is 1.72. The van der Waals surface area contributed by atoms with E-state index in [1.165, 1.54) is 0 Å². The fraction of sp³-hybridized carbons (Fsp3) is 0.636. The Morgan fingerprint density at radius 3 is 2.57 bits per heavy atom. The van der Waals surface area contributed by atoms with Crippen LogP contribution in [0.5, 0.6) is 0 Å². The Bertz CT molecular complexity index is 246. The van der Waals surface area contributed by atoms with Gasteiger partial charge in [0.25, 0.3) is 0 Å². The number of ether oxygens (including phenoxy) is 1. The summed E-state index contributed by atoms with van der Waals surface area (Å²) >= 11 is 0. The zero-order valence-electron chi connectivity index (χ0n) is 9.28. The summed E-state index contributed by atoms with van der Waals surface area (Å²) < 4.78 is 10.5. The van der Waals surface area contributed by atoms with Gasteiger partial charge in [-0.25, -0.2) is 0 Å². The van der Waals surface area contributed by atoms with Crippen LogP contribution in [0.25, 0.3) is 0 Å². The lowest BCUT2D eigenvalue weighted by atomic mass is 10.1. The lowest BCUT2D eigenvalue weighted by molar-refractivity contribution is 0.0841. The van der Waals surface area contributed by atoms with E-state index in [0.29, 0.717) is 6.04 Å². The van der Waals surface area contributed by atoms with E-state index >= 15 is 0 Å². The monoisotopic (exact) mass is 197 g/mol. The van der Waals surface area contributed by atoms with E-state index in [1.807, 2.05) is 19.1 Å². The van der Waals surface area contributed by atoms with Gasteiger partial charge in [0.2, 0.25) is 0 Å². The van der Waals surface area contributed by atoms with Crippen LogP contribution in [0.4, 0.5) is 0 Å². The van der Waals surface area contributed by atoms with Crippen molar-refractivity contribution in [2.75, 3.05) is 7.11 Å². The Labute approximate surface area is 85.4 Å². The molecule has 0 aromatic carbocycles. The van der Waals surface area contributed by atoms with E-state index in [2.05, 4.69) is 19.2 Å². The Hall–Kier alpha value is -0.800. The van der Waals surface area contributed by atoms with Crippen LogP contribution >= 0.6 is 0 Å². The van der Waals surface area contributed by atoms with Gasteiger partial charge in [-0.05, 0) is 32.9 Å². The highest BCUT2D eigenvalue weighted by Crippen LogP contribution is 2.13. The number of hydrogen-bond acceptors (Lipinski definition) is 3. The minimum Gasteiger partial charge on any atom is -0.468 e. The van der Waals surface area contributed by atoms with E-state index < -0.39 is 0 Å². The third-order valence-corrected chi connectivity index (χ3v) is 2.56. The first-order chi connectivity index (χ1) is 6.65. The first kappa shape index (κ1) is 11.3. The number of hydrogen-bond donors (Lipinski definition) is 1. The lowest BCUT2D eigenvalue weighted by Crippen LogP contribution is -2.38. The van der Waals surface area contributed by atoms with Crippen LogP contribution in [-0.2, 0) is 4.74 Å². The molecule has 0 fully saturated rings. The SMILES string of the molecule is COC(C)C(C)N[C@H](C)c1ccco1. The smallest absolute Gasteiger partial charge is 0.120 e. The molecular weight excluding hydrogens is 178 g/mol. The zero-order valence-corrected chi connectivity index (χ0v) is 9.28. The lowest BCUT2D eigenvalue weighted by Gasteiger charge is -2.23. The average Bonchev–Trinajstić information content (AvgIpc) is 2.69. The van der Waals surface area contributed by atoms with Gasteiger partial charge in [0.15, 0.2) is 0 Å². The summed E-state index contributed by atoms with van der Waals surface area (Å²) in [6.07, 6.45) is 1.89. The van der Waals surface area contributed by atoms with Crippen molar-refractivity contribution in [1.82, 2.24) is 5.32 Å². The van der Waals surface area contributed by atoms with Crippen LogP contribution in [0.2, 0.25) is 0 Å². The molecule has 2 unspecified atom stereocenters. The molecule has 3 heteroatoms. The largest absolute Gasteiger partial charge is 0.468 e. The van der Waals surface area contributed by atoms with E-state index in [0.717, 1.165) is 5.76 Å². The quantitative estimate of drug-likeness (QED) is 0.786. The standard InChI is InChI=1S/C11H19NO2/c1-8(10(3)13-4)12-9(2)11-6-5-7-14-11/h5-10,12H,1-4H3/t8?,9-,10?/m1/s1. The first-order valence-electron chi connectivity index (χ1n) is 4.97. The van der Waals surface area contributed by atoms with Gasteiger partial charge < -0.3 is 14.5 Å². The Kier molecular flexibility index (Phi) is 4.17. The molecule has 0 aliphatic heterocycles. The number of methoxy groups -OCH3 is 1. The molecular formula is C11H19NO2. The van der Waals surface area contributed by atoms with Gasteiger partial charge in [-0.1, -0.05) is 0 Å². The van der Waals surface area contributed by atoms with E-state index in [9.17, 15) is 0 Å². The van der Waals surface area contributed by atoms with Crippen molar-refractivity contribution in [1.29, 1.82) is 0 Å². The summed E-state index contributed by atoms with van der Waals surface area (Å²) in [6, 6.07) is 4.40. The van der Waals surface area contributed by atoms with Crippen LogP contribution in [-0.4, -0.2) is 19.3 Å². The highest BCUT2D eigenvalue weighted by atomic mass is 16.5. The van der Waals surface area contributed by atoms with Crippen molar-refractivity contribution in [3.8, 4) is 0 Å². The summed E-state index contributed by atoms with van der Waals surface area (Å²) in [6.45, 7) is 6.23. The highest BCUT2D eigenvalue weighted by Gasteiger charge is 2.15. The van der Waals surface area contributed by atoms with Gasteiger partial charge in [0, 0.05) is 13.2 Å². The van der Waals surface area contributed by atoms with Crippen molar-refractivity contribution in [3.63, 3.8) is 0 Å². The molecule has 1 N–H and O–H groups in total. The predicted octanol–water partition coefficient (Wildman–Crippen LogP) is 2.35. The van der Waals surface area contributed by atoms with Crippen molar-refractivity contribution in [2.45, 2.75) is 39.0 Å². The molecule has 0 radical (unpaired) electrons. The normalized spacial score (nSPS) is 17.7. The van der Waals surface area contributed by atoms with E-state index in [-0.39, 0.29) is 12.1 Å². The summed E-state index contributed by atoms with van der Waals surface area (Å²) in [5, 5.41) is 3.41. The fourth-order valence-corrected chi connectivity index (χ4v) is 1.35. The Balaban J connectivity index is 2.44. The Morgan fingerprint density at radius 1 is 1.36 bits per heavy atom. The molecule has 0 aliphatic carbocycles. The zero-order chi connectivity index (χ0) is 10.6. The maximum Gasteiger partial charge on any atom is 0.120 e. The van der Waals surface area contributed by atoms with Gasteiger partial charge in [-0.2, -0.15) is 0 Å². The van der Waals surface area contributed by atoms with Gasteiger partial charge >= 0.3 is 0 Å². The molecule has 0 saturated carbocycles. The van der Waals surface area contributed by atoms with Gasteiger partial charge in [-0.3, -0.25) is 0 Å². The maximum absolute atomic E-state index is 5.31. The van der Waals surface area contributed by atoms with Crippen molar-refractivity contribution in [3.05, 3.63) is 24.2 Å². The summed E-state index contributed by atoms with van der Waals surface area (Å²) in [5.41, 5.74) is 0. The second kappa shape index (κ2) is 5.17. The molecule has 1 rings (SSSR count). The molecule has 0 amide bonds. The molecule has 0 saturated heterocycles.